The van der Waals surface area contributed by atoms with E-state index in [-0.39, 0.29) is 5.78 Å². The average Bonchev–Trinajstić information content (AvgIpc) is 2.93. The first-order valence-electron chi connectivity index (χ1n) is 6.09. The summed E-state index contributed by atoms with van der Waals surface area (Å²) in [5.41, 5.74) is 0.461. The molecule has 21 heavy (non-hydrogen) atoms. The van der Waals surface area contributed by atoms with Crippen molar-refractivity contribution in [3.05, 3.63) is 45.1 Å². The molecule has 0 fully saturated rings. The predicted octanol–water partition coefficient (Wildman–Crippen LogP) is 3.93. The summed E-state index contributed by atoms with van der Waals surface area (Å²) in [7, 11) is 1.48. The molecule has 1 aromatic heterocycles. The van der Waals surface area contributed by atoms with Gasteiger partial charge in [0.05, 0.1) is 28.0 Å². The number of ether oxygens (including phenoxy) is 2. The van der Waals surface area contributed by atoms with Gasteiger partial charge in [0, 0.05) is 6.07 Å². The van der Waals surface area contributed by atoms with Gasteiger partial charge in [-0.2, -0.15) is 5.26 Å². The molecule has 0 aliphatic rings. The smallest absolute Gasteiger partial charge is 0.212 e. The van der Waals surface area contributed by atoms with Gasteiger partial charge < -0.3 is 9.47 Å². The number of nitrogens with zero attached hydrogens (tertiary/aromatic N) is 1. The van der Waals surface area contributed by atoms with Crippen LogP contribution < -0.4 is 9.47 Å². The van der Waals surface area contributed by atoms with Gasteiger partial charge in [0.2, 0.25) is 5.78 Å². The zero-order valence-electron chi connectivity index (χ0n) is 11.4. The number of methoxy groups -OCH3 is 1. The van der Waals surface area contributed by atoms with E-state index in [1.165, 1.54) is 18.4 Å². The van der Waals surface area contributed by atoms with Crippen LogP contribution in [-0.2, 0) is 0 Å². The zero-order chi connectivity index (χ0) is 15.4. The highest BCUT2D eigenvalue weighted by atomic mass is 35.5. The number of nitriles is 1. The number of hydrogen-bond donors (Lipinski definition) is 0. The van der Waals surface area contributed by atoms with E-state index >= 15 is 0 Å². The Morgan fingerprint density at radius 3 is 2.67 bits per heavy atom. The van der Waals surface area contributed by atoms with E-state index in [9.17, 15) is 4.79 Å². The Kier molecular flexibility index (Phi) is 4.84. The van der Waals surface area contributed by atoms with Crippen molar-refractivity contribution < 1.29 is 14.3 Å². The van der Waals surface area contributed by atoms with Crippen LogP contribution in [0.4, 0.5) is 0 Å². The van der Waals surface area contributed by atoms with Gasteiger partial charge in [-0.15, -0.1) is 11.3 Å². The summed E-state index contributed by atoms with van der Waals surface area (Å²) in [6.07, 6.45) is -0.679. The van der Waals surface area contributed by atoms with Crippen molar-refractivity contribution >= 4 is 28.7 Å². The summed E-state index contributed by atoms with van der Waals surface area (Å²) in [6.45, 7) is 1.66. The van der Waals surface area contributed by atoms with Crippen molar-refractivity contribution in [3.63, 3.8) is 0 Å². The summed E-state index contributed by atoms with van der Waals surface area (Å²) >= 11 is 7.04. The van der Waals surface area contributed by atoms with E-state index in [0.29, 0.717) is 26.3 Å². The number of rotatable bonds is 5. The first-order valence-corrected chi connectivity index (χ1v) is 7.29. The number of carbonyl (C=O) groups excluding carboxylic acids is 1. The fourth-order valence-corrected chi connectivity index (χ4v) is 2.79. The number of hydrogen-bond acceptors (Lipinski definition) is 5. The third kappa shape index (κ3) is 3.54. The molecule has 108 valence electrons. The molecule has 0 aliphatic carbocycles. The van der Waals surface area contributed by atoms with E-state index in [4.69, 9.17) is 26.3 Å². The van der Waals surface area contributed by atoms with E-state index in [1.807, 2.05) is 6.07 Å². The SMILES string of the molecule is COc1cc(C#N)ccc1OC(C)C(=O)c1ccc(Cl)s1. The maximum atomic E-state index is 12.2. The Hall–Kier alpha value is -2.03. The molecule has 0 amide bonds. The topological polar surface area (TPSA) is 59.3 Å². The van der Waals surface area contributed by atoms with Crippen LogP contribution >= 0.6 is 22.9 Å². The Balaban J connectivity index is 2.18. The maximum Gasteiger partial charge on any atom is 0.212 e. The number of thiophene rings is 1. The third-order valence-electron chi connectivity index (χ3n) is 2.78. The molecule has 0 aliphatic heterocycles. The predicted molar refractivity (Wildman–Crippen MR) is 81.5 cm³/mol. The molecule has 0 spiro atoms. The lowest BCUT2D eigenvalue weighted by molar-refractivity contribution is 0.0818. The second-order valence-corrected chi connectivity index (χ2v) is 5.92. The summed E-state index contributed by atoms with van der Waals surface area (Å²) in [6, 6.07) is 10.2. The molecule has 6 heteroatoms. The highest BCUT2D eigenvalue weighted by Gasteiger charge is 2.20. The largest absolute Gasteiger partial charge is 0.493 e. The Morgan fingerprint density at radius 2 is 2.10 bits per heavy atom. The second kappa shape index (κ2) is 6.61. The fourth-order valence-electron chi connectivity index (χ4n) is 1.73. The van der Waals surface area contributed by atoms with Gasteiger partial charge in [-0.3, -0.25) is 4.79 Å². The van der Waals surface area contributed by atoms with Crippen molar-refractivity contribution in [2.24, 2.45) is 0 Å². The van der Waals surface area contributed by atoms with Crippen molar-refractivity contribution in [1.29, 1.82) is 5.26 Å². The van der Waals surface area contributed by atoms with E-state index in [0.717, 1.165) is 0 Å². The minimum Gasteiger partial charge on any atom is -0.493 e. The minimum atomic E-state index is -0.679. The molecule has 0 N–H and O–H groups in total. The lowest BCUT2D eigenvalue weighted by Gasteiger charge is -2.15. The molecule has 0 radical (unpaired) electrons. The molecule has 0 saturated carbocycles. The number of halogens is 1. The minimum absolute atomic E-state index is 0.154. The molecular weight excluding hydrogens is 310 g/mol. The Bertz CT molecular complexity index is 705. The highest BCUT2D eigenvalue weighted by Crippen LogP contribution is 2.30. The van der Waals surface area contributed by atoms with Crippen molar-refractivity contribution in [1.82, 2.24) is 0 Å². The molecule has 1 aromatic carbocycles. The molecule has 4 nitrogen and oxygen atoms in total. The first-order chi connectivity index (χ1) is 10.0. The zero-order valence-corrected chi connectivity index (χ0v) is 13.0. The van der Waals surface area contributed by atoms with Crippen LogP contribution in [-0.4, -0.2) is 19.0 Å². The van der Waals surface area contributed by atoms with Crippen LogP contribution in [0.25, 0.3) is 0 Å². The van der Waals surface area contributed by atoms with Gasteiger partial charge in [-0.25, -0.2) is 0 Å². The van der Waals surface area contributed by atoms with Crippen molar-refractivity contribution in [2.75, 3.05) is 7.11 Å². The first kappa shape index (κ1) is 15.4. The fraction of sp³-hybridized carbons (Fsp3) is 0.200. The second-order valence-electron chi connectivity index (χ2n) is 4.21. The maximum absolute atomic E-state index is 12.2. The molecule has 1 atom stereocenters. The van der Waals surface area contributed by atoms with Gasteiger partial charge >= 0.3 is 0 Å². The van der Waals surface area contributed by atoms with Gasteiger partial charge in [-0.1, -0.05) is 11.6 Å². The van der Waals surface area contributed by atoms with Gasteiger partial charge in [0.1, 0.15) is 0 Å². The summed E-state index contributed by atoms with van der Waals surface area (Å²) < 4.78 is 11.4. The summed E-state index contributed by atoms with van der Waals surface area (Å²) in [4.78, 5) is 12.8. The third-order valence-corrected chi connectivity index (χ3v) is 4.03. The van der Waals surface area contributed by atoms with Crippen molar-refractivity contribution in [3.8, 4) is 17.6 Å². The lowest BCUT2D eigenvalue weighted by atomic mass is 10.2. The Morgan fingerprint density at radius 1 is 1.33 bits per heavy atom. The van der Waals surface area contributed by atoms with Crippen molar-refractivity contribution in [2.45, 2.75) is 13.0 Å². The summed E-state index contributed by atoms with van der Waals surface area (Å²) in [5, 5.41) is 8.86. The lowest BCUT2D eigenvalue weighted by Crippen LogP contribution is -2.23. The average molecular weight is 322 g/mol. The Labute approximate surface area is 131 Å². The number of Topliss-reactive ketones (excluding diaryl/α,β-unsaturated/α-hetero) is 1. The molecule has 2 aromatic rings. The number of ketones is 1. The summed E-state index contributed by atoms with van der Waals surface area (Å²) in [5.74, 6) is 0.677. The van der Waals surface area contributed by atoms with Crippen LogP contribution in [0.5, 0.6) is 11.5 Å². The van der Waals surface area contributed by atoms with E-state index < -0.39 is 6.10 Å². The molecule has 1 heterocycles. The van der Waals surface area contributed by atoms with E-state index in [1.54, 1.807) is 37.3 Å². The van der Waals surface area contributed by atoms with Gasteiger partial charge in [0.15, 0.2) is 17.6 Å². The van der Waals surface area contributed by atoms with Crippen LogP contribution in [0.15, 0.2) is 30.3 Å². The number of benzene rings is 1. The monoisotopic (exact) mass is 321 g/mol. The van der Waals surface area contributed by atoms with Crippen LogP contribution in [0.3, 0.4) is 0 Å². The normalized spacial score (nSPS) is 11.5. The van der Waals surface area contributed by atoms with Crippen LogP contribution in [0.1, 0.15) is 22.2 Å². The molecule has 2 rings (SSSR count). The van der Waals surface area contributed by atoms with Crippen LogP contribution in [0, 0.1) is 11.3 Å². The van der Waals surface area contributed by atoms with Gasteiger partial charge in [-0.05, 0) is 31.2 Å². The van der Waals surface area contributed by atoms with Gasteiger partial charge in [0.25, 0.3) is 0 Å². The highest BCUT2D eigenvalue weighted by molar-refractivity contribution is 7.18. The molecule has 1 unspecified atom stereocenters. The molecular formula is C15H12ClNO3S. The van der Waals surface area contributed by atoms with Crippen LogP contribution in [0.2, 0.25) is 4.34 Å². The van der Waals surface area contributed by atoms with E-state index in [2.05, 4.69) is 0 Å². The quantitative estimate of drug-likeness (QED) is 0.783. The molecule has 0 saturated heterocycles. The number of carbonyl (C=O) groups is 1. The molecule has 0 bridgehead atoms. The standard InChI is InChI=1S/C15H12ClNO3S/c1-9(15(18)13-5-6-14(16)21-13)20-11-4-3-10(8-17)7-12(11)19-2/h3-7,9H,1-2H3.